The molecule has 0 aromatic carbocycles. The fraction of sp³-hybridized carbons (Fsp3) is 0.545. The number of Topliss-reactive ketones (excluding diaryl/α,β-unsaturated/α-hetero) is 1. The highest BCUT2D eigenvalue weighted by atomic mass is 16.6. The molecule has 86 valence electrons. The van der Waals surface area contributed by atoms with Gasteiger partial charge in [-0.25, -0.2) is 0 Å². The molecule has 0 spiro atoms. The highest BCUT2D eigenvalue weighted by Gasteiger charge is 2.51. The van der Waals surface area contributed by atoms with Gasteiger partial charge in [0.2, 0.25) is 0 Å². The maximum Gasteiger partial charge on any atom is 0.302 e. The number of carbonyl (C=O) groups excluding carboxylic acids is 3. The zero-order valence-corrected chi connectivity index (χ0v) is 8.89. The molecule has 0 N–H and O–H groups in total. The van der Waals surface area contributed by atoms with E-state index in [1.54, 1.807) is 0 Å². The Morgan fingerprint density at radius 3 is 3.06 bits per heavy atom. The average Bonchev–Trinajstić information content (AvgIpc) is 2.55. The van der Waals surface area contributed by atoms with Gasteiger partial charge in [0.05, 0.1) is 5.92 Å². The van der Waals surface area contributed by atoms with Crippen molar-refractivity contribution in [1.29, 1.82) is 0 Å². The van der Waals surface area contributed by atoms with E-state index in [0.29, 0.717) is 0 Å². The van der Waals surface area contributed by atoms with Crippen LogP contribution in [0.2, 0.25) is 0 Å². The van der Waals surface area contributed by atoms with Crippen LogP contribution >= 0.6 is 0 Å². The van der Waals surface area contributed by atoms with Gasteiger partial charge in [-0.3, -0.25) is 14.4 Å². The normalized spacial score (nSPS) is 32.7. The van der Waals surface area contributed by atoms with Crippen LogP contribution in [-0.2, 0) is 23.9 Å². The molecule has 0 unspecified atom stereocenters. The molecule has 0 saturated carbocycles. The van der Waals surface area contributed by atoms with Crippen LogP contribution in [0.4, 0.5) is 0 Å². The first kappa shape index (κ1) is 11.0. The highest BCUT2D eigenvalue weighted by Crippen LogP contribution is 2.37. The first-order valence-electron chi connectivity index (χ1n) is 5.05. The van der Waals surface area contributed by atoms with Gasteiger partial charge in [0.1, 0.15) is 18.8 Å². The number of hydrogen-bond donors (Lipinski definition) is 0. The minimum atomic E-state index is -0.920. The van der Waals surface area contributed by atoms with Crippen LogP contribution in [0.1, 0.15) is 13.3 Å². The fourth-order valence-corrected chi connectivity index (χ4v) is 2.04. The van der Waals surface area contributed by atoms with Crippen molar-refractivity contribution in [2.24, 2.45) is 5.92 Å². The van der Waals surface area contributed by atoms with Gasteiger partial charge in [0, 0.05) is 13.3 Å². The van der Waals surface area contributed by atoms with Crippen molar-refractivity contribution in [3.05, 3.63) is 12.2 Å². The lowest BCUT2D eigenvalue weighted by atomic mass is 9.79. The lowest BCUT2D eigenvalue weighted by Gasteiger charge is -2.31. The van der Waals surface area contributed by atoms with E-state index in [2.05, 4.69) is 0 Å². The molecular formula is C11H12O5. The van der Waals surface area contributed by atoms with Gasteiger partial charge in [0.15, 0.2) is 11.6 Å². The van der Waals surface area contributed by atoms with Crippen molar-refractivity contribution in [2.75, 3.05) is 13.2 Å². The van der Waals surface area contributed by atoms with E-state index in [1.165, 1.54) is 19.1 Å². The van der Waals surface area contributed by atoms with Gasteiger partial charge in [-0.1, -0.05) is 0 Å². The van der Waals surface area contributed by atoms with Crippen LogP contribution in [0.3, 0.4) is 0 Å². The van der Waals surface area contributed by atoms with Gasteiger partial charge in [-0.15, -0.1) is 0 Å². The average molecular weight is 224 g/mol. The second-order valence-electron chi connectivity index (χ2n) is 4.05. The SMILES string of the molecule is CC(=O)OC[C@@]12C=CC(=O)C[C@@H]1C(=O)CO2. The van der Waals surface area contributed by atoms with Crippen LogP contribution in [0, 0.1) is 5.92 Å². The lowest BCUT2D eigenvalue weighted by molar-refractivity contribution is -0.149. The van der Waals surface area contributed by atoms with Gasteiger partial charge in [-0.05, 0) is 12.2 Å². The van der Waals surface area contributed by atoms with E-state index in [1.807, 2.05) is 0 Å². The number of allylic oxidation sites excluding steroid dienone is 1. The third-order valence-electron chi connectivity index (χ3n) is 2.92. The minimum absolute atomic E-state index is 0.0114. The molecule has 1 aliphatic carbocycles. The summed E-state index contributed by atoms with van der Waals surface area (Å²) in [5, 5.41) is 0. The van der Waals surface area contributed by atoms with E-state index in [4.69, 9.17) is 9.47 Å². The second-order valence-corrected chi connectivity index (χ2v) is 4.05. The number of hydrogen-bond acceptors (Lipinski definition) is 5. The Labute approximate surface area is 92.4 Å². The van der Waals surface area contributed by atoms with E-state index in [0.717, 1.165) is 0 Å². The molecule has 16 heavy (non-hydrogen) atoms. The Morgan fingerprint density at radius 1 is 1.62 bits per heavy atom. The zero-order valence-electron chi connectivity index (χ0n) is 8.89. The van der Waals surface area contributed by atoms with Crippen molar-refractivity contribution < 1.29 is 23.9 Å². The van der Waals surface area contributed by atoms with Crippen LogP contribution in [0.25, 0.3) is 0 Å². The molecule has 0 radical (unpaired) electrons. The molecule has 0 amide bonds. The topological polar surface area (TPSA) is 69.7 Å². The quantitative estimate of drug-likeness (QED) is 0.619. The first-order valence-corrected chi connectivity index (χ1v) is 5.05. The molecule has 1 aliphatic heterocycles. The van der Waals surface area contributed by atoms with E-state index in [-0.39, 0.29) is 31.2 Å². The summed E-state index contributed by atoms with van der Waals surface area (Å²) in [7, 11) is 0. The highest BCUT2D eigenvalue weighted by molar-refractivity contribution is 5.98. The first-order chi connectivity index (χ1) is 7.53. The molecule has 0 aromatic heterocycles. The second kappa shape index (κ2) is 3.83. The Hall–Kier alpha value is -1.49. The third-order valence-corrected chi connectivity index (χ3v) is 2.92. The van der Waals surface area contributed by atoms with Crippen molar-refractivity contribution in [1.82, 2.24) is 0 Å². The molecular weight excluding hydrogens is 212 g/mol. The fourth-order valence-electron chi connectivity index (χ4n) is 2.04. The molecule has 2 aliphatic rings. The summed E-state index contributed by atoms with van der Waals surface area (Å²) >= 11 is 0. The number of ketones is 2. The third kappa shape index (κ3) is 1.78. The number of fused-ring (bicyclic) bond motifs is 1. The summed E-state index contributed by atoms with van der Waals surface area (Å²) in [6.45, 7) is 1.26. The standard InChI is InChI=1S/C11H12O5/c1-7(12)15-6-11-3-2-8(13)4-9(11)10(14)5-16-11/h2-3,9H,4-6H2,1H3/t9-,11+/m1/s1. The predicted octanol–water partition coefficient (Wildman–Crippen LogP) is 0.0328. The number of carbonyl (C=O) groups is 3. The zero-order chi connectivity index (χ0) is 11.8. The lowest BCUT2D eigenvalue weighted by Crippen LogP contribution is -2.43. The number of rotatable bonds is 2. The van der Waals surface area contributed by atoms with E-state index in [9.17, 15) is 14.4 Å². The Balaban J connectivity index is 2.21. The molecule has 2 rings (SSSR count). The molecule has 0 aromatic rings. The van der Waals surface area contributed by atoms with Crippen molar-refractivity contribution in [3.63, 3.8) is 0 Å². The van der Waals surface area contributed by atoms with E-state index >= 15 is 0 Å². The van der Waals surface area contributed by atoms with Crippen LogP contribution < -0.4 is 0 Å². The van der Waals surface area contributed by atoms with Crippen molar-refractivity contribution >= 4 is 17.5 Å². The molecule has 1 saturated heterocycles. The van der Waals surface area contributed by atoms with Gasteiger partial charge < -0.3 is 9.47 Å². The predicted molar refractivity (Wildman–Crippen MR) is 52.6 cm³/mol. The largest absolute Gasteiger partial charge is 0.462 e. The molecule has 5 heteroatoms. The molecule has 5 nitrogen and oxygen atoms in total. The van der Waals surface area contributed by atoms with Crippen molar-refractivity contribution in [3.8, 4) is 0 Å². The maximum atomic E-state index is 11.6. The Kier molecular flexibility index (Phi) is 2.63. The molecule has 0 bridgehead atoms. The van der Waals surface area contributed by atoms with E-state index < -0.39 is 17.5 Å². The molecule has 2 atom stereocenters. The summed E-state index contributed by atoms with van der Waals surface area (Å²) in [5.41, 5.74) is -0.920. The van der Waals surface area contributed by atoms with Crippen molar-refractivity contribution in [2.45, 2.75) is 18.9 Å². The summed E-state index contributed by atoms with van der Waals surface area (Å²) < 4.78 is 10.3. The maximum absolute atomic E-state index is 11.6. The van der Waals surface area contributed by atoms with Gasteiger partial charge in [0.25, 0.3) is 0 Å². The van der Waals surface area contributed by atoms with Crippen LogP contribution in [0.5, 0.6) is 0 Å². The van der Waals surface area contributed by atoms with Gasteiger partial charge in [-0.2, -0.15) is 0 Å². The smallest absolute Gasteiger partial charge is 0.302 e. The minimum Gasteiger partial charge on any atom is -0.462 e. The summed E-state index contributed by atoms with van der Waals surface area (Å²) in [6.07, 6.45) is 3.06. The number of esters is 1. The van der Waals surface area contributed by atoms with Crippen LogP contribution in [-0.4, -0.2) is 36.4 Å². The van der Waals surface area contributed by atoms with Gasteiger partial charge >= 0.3 is 5.97 Å². The summed E-state index contributed by atoms with van der Waals surface area (Å²) in [5.74, 6) is -1.14. The summed E-state index contributed by atoms with van der Waals surface area (Å²) in [6, 6.07) is 0. The number of ether oxygens (including phenoxy) is 2. The molecule has 1 fully saturated rings. The Morgan fingerprint density at radius 2 is 2.38 bits per heavy atom. The summed E-state index contributed by atoms with van der Waals surface area (Å²) in [4.78, 5) is 33.5. The Bertz CT molecular complexity index is 384. The molecule has 1 heterocycles. The van der Waals surface area contributed by atoms with Crippen LogP contribution in [0.15, 0.2) is 12.2 Å². The monoisotopic (exact) mass is 224 g/mol.